The highest BCUT2D eigenvalue weighted by Gasteiger charge is 2.26. The molecule has 0 aromatic heterocycles. The first kappa shape index (κ1) is 13.9. The van der Waals surface area contributed by atoms with E-state index >= 15 is 0 Å². The minimum absolute atomic E-state index is 0.102. The van der Waals surface area contributed by atoms with Crippen LogP contribution in [0, 0.1) is 6.92 Å². The van der Waals surface area contributed by atoms with Crippen molar-refractivity contribution in [3.8, 4) is 0 Å². The minimum atomic E-state index is 0.102. The molecule has 0 N–H and O–H groups in total. The number of nitrogens with zero attached hydrogens (tertiary/aromatic N) is 1. The number of halogens is 2. The summed E-state index contributed by atoms with van der Waals surface area (Å²) in [5.74, 6) is 0.102. The van der Waals surface area contributed by atoms with Crippen molar-refractivity contribution in [1.29, 1.82) is 0 Å². The third kappa shape index (κ3) is 3.07. The van der Waals surface area contributed by atoms with Gasteiger partial charge in [-0.15, -0.1) is 0 Å². The molecule has 2 nitrogen and oxygen atoms in total. The second kappa shape index (κ2) is 6.07. The van der Waals surface area contributed by atoms with E-state index in [9.17, 15) is 4.79 Å². The first-order valence-corrected chi connectivity index (χ1v) is 7.76. The van der Waals surface area contributed by atoms with Crippen LogP contribution in [0.2, 0.25) is 5.02 Å². The monoisotopic (exact) mass is 329 g/mol. The van der Waals surface area contributed by atoms with Crippen LogP contribution in [0.15, 0.2) is 18.2 Å². The summed E-state index contributed by atoms with van der Waals surface area (Å²) in [5, 5.41) is 1.48. The Morgan fingerprint density at radius 3 is 2.89 bits per heavy atom. The van der Waals surface area contributed by atoms with Gasteiger partial charge in [0, 0.05) is 28.5 Å². The lowest BCUT2D eigenvalue weighted by atomic mass is 10.0. The van der Waals surface area contributed by atoms with Crippen molar-refractivity contribution in [2.45, 2.75) is 32.2 Å². The number of alkyl halides is 1. The van der Waals surface area contributed by atoms with Crippen LogP contribution >= 0.6 is 27.5 Å². The maximum Gasteiger partial charge on any atom is 0.254 e. The zero-order valence-electron chi connectivity index (χ0n) is 10.5. The molecule has 1 aliphatic heterocycles. The first-order valence-electron chi connectivity index (χ1n) is 6.26. The highest BCUT2D eigenvalue weighted by atomic mass is 79.9. The number of carbonyl (C=O) groups excluding carboxylic acids is 1. The summed E-state index contributed by atoms with van der Waals surface area (Å²) in [6.45, 7) is 2.81. The van der Waals surface area contributed by atoms with E-state index in [1.807, 2.05) is 24.0 Å². The standard InChI is InChI=1S/C14H17BrClNO/c1-10-6-11(8-12(16)7-10)14(18)17-5-3-2-4-13(17)9-15/h6-8,13H,2-5,9H2,1H3. The minimum Gasteiger partial charge on any atom is -0.335 e. The van der Waals surface area contributed by atoms with Crippen LogP contribution < -0.4 is 0 Å². The van der Waals surface area contributed by atoms with E-state index < -0.39 is 0 Å². The lowest BCUT2D eigenvalue weighted by Crippen LogP contribution is -2.44. The van der Waals surface area contributed by atoms with Crippen molar-refractivity contribution in [2.75, 3.05) is 11.9 Å². The Kier molecular flexibility index (Phi) is 4.68. The Morgan fingerprint density at radius 2 is 2.22 bits per heavy atom. The van der Waals surface area contributed by atoms with Gasteiger partial charge in [0.15, 0.2) is 0 Å². The molecule has 1 fully saturated rings. The van der Waals surface area contributed by atoms with Crippen molar-refractivity contribution in [3.05, 3.63) is 34.3 Å². The molecule has 1 aromatic carbocycles. The lowest BCUT2D eigenvalue weighted by Gasteiger charge is -2.34. The van der Waals surface area contributed by atoms with Crippen molar-refractivity contribution < 1.29 is 4.79 Å². The fraction of sp³-hybridized carbons (Fsp3) is 0.500. The van der Waals surface area contributed by atoms with Gasteiger partial charge in [0.1, 0.15) is 0 Å². The quantitative estimate of drug-likeness (QED) is 0.750. The number of amides is 1. The SMILES string of the molecule is Cc1cc(Cl)cc(C(=O)N2CCCCC2CBr)c1. The summed E-state index contributed by atoms with van der Waals surface area (Å²) >= 11 is 9.52. The molecule has 1 heterocycles. The second-order valence-electron chi connectivity index (χ2n) is 4.82. The van der Waals surface area contributed by atoms with Gasteiger partial charge in [-0.3, -0.25) is 4.79 Å². The fourth-order valence-electron chi connectivity index (χ4n) is 2.45. The molecule has 98 valence electrons. The van der Waals surface area contributed by atoms with E-state index in [1.54, 1.807) is 6.07 Å². The molecule has 1 saturated heterocycles. The van der Waals surface area contributed by atoms with E-state index in [1.165, 1.54) is 6.42 Å². The summed E-state index contributed by atoms with van der Waals surface area (Å²) in [6, 6.07) is 5.85. The Labute approximate surface area is 121 Å². The molecule has 1 unspecified atom stereocenters. The number of piperidine rings is 1. The number of rotatable bonds is 2. The number of hydrogen-bond donors (Lipinski definition) is 0. The van der Waals surface area contributed by atoms with Gasteiger partial charge in [-0.05, 0) is 49.9 Å². The topological polar surface area (TPSA) is 20.3 Å². The zero-order chi connectivity index (χ0) is 13.1. The van der Waals surface area contributed by atoms with Gasteiger partial charge < -0.3 is 4.90 Å². The maximum atomic E-state index is 12.5. The van der Waals surface area contributed by atoms with Crippen LogP contribution in [0.5, 0.6) is 0 Å². The molecule has 1 aromatic rings. The third-order valence-corrected chi connectivity index (χ3v) is 4.32. The number of aryl methyl sites for hydroxylation is 1. The molecule has 0 bridgehead atoms. The normalized spacial score (nSPS) is 19.9. The van der Waals surface area contributed by atoms with Gasteiger partial charge in [-0.25, -0.2) is 0 Å². The molecule has 0 aliphatic carbocycles. The Balaban J connectivity index is 2.23. The molecule has 0 spiro atoms. The molecule has 1 aliphatic rings. The van der Waals surface area contributed by atoms with Gasteiger partial charge in [0.25, 0.3) is 5.91 Å². The molecule has 1 atom stereocenters. The number of benzene rings is 1. The number of hydrogen-bond acceptors (Lipinski definition) is 1. The van der Waals surface area contributed by atoms with E-state index in [4.69, 9.17) is 11.6 Å². The zero-order valence-corrected chi connectivity index (χ0v) is 12.8. The van der Waals surface area contributed by atoms with Crippen molar-refractivity contribution >= 4 is 33.4 Å². The largest absolute Gasteiger partial charge is 0.335 e. The van der Waals surface area contributed by atoms with Gasteiger partial charge in [-0.2, -0.15) is 0 Å². The highest BCUT2D eigenvalue weighted by Crippen LogP contribution is 2.23. The molecular formula is C14H17BrClNO. The van der Waals surface area contributed by atoms with Gasteiger partial charge in [-0.1, -0.05) is 27.5 Å². The fourth-order valence-corrected chi connectivity index (χ4v) is 3.42. The van der Waals surface area contributed by atoms with Gasteiger partial charge in [0.2, 0.25) is 0 Å². The Hall–Kier alpha value is -0.540. The average Bonchev–Trinajstić information content (AvgIpc) is 2.36. The van der Waals surface area contributed by atoms with Crippen LogP contribution in [0.3, 0.4) is 0 Å². The molecule has 0 saturated carbocycles. The predicted octanol–water partition coefficient (Wildman–Crippen LogP) is 4.04. The van der Waals surface area contributed by atoms with Crippen LogP contribution in [0.4, 0.5) is 0 Å². The van der Waals surface area contributed by atoms with Gasteiger partial charge in [0.05, 0.1) is 0 Å². The molecule has 18 heavy (non-hydrogen) atoms. The van der Waals surface area contributed by atoms with Crippen LogP contribution in [-0.4, -0.2) is 28.7 Å². The van der Waals surface area contributed by atoms with Crippen LogP contribution in [0.1, 0.15) is 35.2 Å². The number of carbonyl (C=O) groups is 1. The van der Waals surface area contributed by atoms with E-state index in [0.29, 0.717) is 16.6 Å². The second-order valence-corrected chi connectivity index (χ2v) is 5.90. The van der Waals surface area contributed by atoms with Gasteiger partial charge >= 0.3 is 0 Å². The van der Waals surface area contributed by atoms with E-state index in [2.05, 4.69) is 15.9 Å². The van der Waals surface area contributed by atoms with Crippen molar-refractivity contribution in [1.82, 2.24) is 4.90 Å². The smallest absolute Gasteiger partial charge is 0.254 e. The molecular weight excluding hydrogens is 314 g/mol. The van der Waals surface area contributed by atoms with Crippen LogP contribution in [0.25, 0.3) is 0 Å². The van der Waals surface area contributed by atoms with Crippen molar-refractivity contribution in [2.24, 2.45) is 0 Å². The molecule has 1 amide bonds. The van der Waals surface area contributed by atoms with Crippen molar-refractivity contribution in [3.63, 3.8) is 0 Å². The average molecular weight is 331 g/mol. The van der Waals surface area contributed by atoms with E-state index in [-0.39, 0.29) is 5.91 Å². The lowest BCUT2D eigenvalue weighted by molar-refractivity contribution is 0.0642. The van der Waals surface area contributed by atoms with Crippen LogP contribution in [-0.2, 0) is 0 Å². The summed E-state index contributed by atoms with van der Waals surface area (Å²) < 4.78 is 0. The third-order valence-electron chi connectivity index (χ3n) is 3.36. The molecule has 2 rings (SSSR count). The summed E-state index contributed by atoms with van der Waals surface area (Å²) in [4.78, 5) is 14.5. The molecule has 4 heteroatoms. The Bertz CT molecular complexity index is 429. The first-order chi connectivity index (χ1) is 8.61. The highest BCUT2D eigenvalue weighted by molar-refractivity contribution is 9.09. The number of likely N-dealkylation sites (tertiary alicyclic amines) is 1. The summed E-state index contributed by atoms with van der Waals surface area (Å²) in [6.07, 6.45) is 3.37. The summed E-state index contributed by atoms with van der Waals surface area (Å²) in [7, 11) is 0. The van der Waals surface area contributed by atoms with E-state index in [0.717, 1.165) is 30.3 Å². The maximum absolute atomic E-state index is 12.5. The summed E-state index contributed by atoms with van der Waals surface area (Å²) in [5.41, 5.74) is 1.73. The molecule has 0 radical (unpaired) electrons. The predicted molar refractivity (Wildman–Crippen MR) is 78.7 cm³/mol. The Morgan fingerprint density at radius 1 is 1.44 bits per heavy atom.